The van der Waals surface area contributed by atoms with Gasteiger partial charge in [-0.2, -0.15) is 0 Å². The topological polar surface area (TPSA) is 73.9 Å². The summed E-state index contributed by atoms with van der Waals surface area (Å²) in [6.07, 6.45) is 0.522. The molecule has 150 valence electrons. The number of esters is 1. The number of carbonyl (C=O) groups excluding carboxylic acids is 2. The predicted octanol–water partition coefficient (Wildman–Crippen LogP) is 3.74. The van der Waals surface area contributed by atoms with Gasteiger partial charge in [0.05, 0.1) is 12.7 Å². The Kier molecular flexibility index (Phi) is 7.50. The zero-order valence-corrected chi connectivity index (χ0v) is 17.0. The quantitative estimate of drug-likeness (QED) is 0.786. The first-order valence-electron chi connectivity index (χ1n) is 9.14. The molecule has 0 radical (unpaired) electrons. The van der Waals surface area contributed by atoms with E-state index in [-0.39, 0.29) is 18.6 Å². The van der Waals surface area contributed by atoms with Gasteiger partial charge < -0.3 is 19.5 Å². The van der Waals surface area contributed by atoms with E-state index in [1.165, 1.54) is 0 Å². The third-order valence-electron chi connectivity index (χ3n) is 4.03. The number of ether oxygens (including phenoxy) is 3. The first-order valence-corrected chi connectivity index (χ1v) is 9.52. The molecule has 1 N–H and O–H groups in total. The highest BCUT2D eigenvalue weighted by Crippen LogP contribution is 2.20. The van der Waals surface area contributed by atoms with Crippen LogP contribution in [0.15, 0.2) is 24.3 Å². The fourth-order valence-electron chi connectivity index (χ4n) is 2.93. The van der Waals surface area contributed by atoms with Gasteiger partial charge in [-0.05, 0) is 64.2 Å². The van der Waals surface area contributed by atoms with Crippen LogP contribution in [0, 0.1) is 5.92 Å². The fraction of sp³-hybridized carbons (Fsp3) is 0.600. The van der Waals surface area contributed by atoms with Crippen molar-refractivity contribution in [2.24, 2.45) is 5.92 Å². The Balaban J connectivity index is 1.97. The summed E-state index contributed by atoms with van der Waals surface area (Å²) in [7, 11) is 0. The van der Waals surface area contributed by atoms with E-state index >= 15 is 0 Å². The molecular weight excluding hydrogens is 370 g/mol. The molecular formula is C20H28ClNO5. The van der Waals surface area contributed by atoms with Gasteiger partial charge in [0.25, 0.3) is 0 Å². The van der Waals surface area contributed by atoms with Crippen molar-refractivity contribution in [2.45, 2.75) is 58.3 Å². The lowest BCUT2D eigenvalue weighted by atomic mass is 9.95. The van der Waals surface area contributed by atoms with Gasteiger partial charge in [0.1, 0.15) is 5.60 Å². The number of hydrogen-bond donors (Lipinski definition) is 1. The molecule has 0 aliphatic carbocycles. The summed E-state index contributed by atoms with van der Waals surface area (Å²) in [5, 5.41) is 3.23. The minimum absolute atomic E-state index is 0.0436. The van der Waals surface area contributed by atoms with Crippen LogP contribution in [0.1, 0.15) is 39.7 Å². The largest absolute Gasteiger partial charge is 0.461 e. The van der Waals surface area contributed by atoms with Gasteiger partial charge in [-0.25, -0.2) is 9.59 Å². The van der Waals surface area contributed by atoms with Gasteiger partial charge >= 0.3 is 12.1 Å². The third kappa shape index (κ3) is 7.77. The third-order valence-corrected chi connectivity index (χ3v) is 4.29. The second kappa shape index (κ2) is 9.42. The van der Waals surface area contributed by atoms with Crippen molar-refractivity contribution in [3.63, 3.8) is 0 Å². The summed E-state index contributed by atoms with van der Waals surface area (Å²) in [4.78, 5) is 24.3. The summed E-state index contributed by atoms with van der Waals surface area (Å²) in [5.41, 5.74) is 0.499. The fourth-order valence-corrected chi connectivity index (χ4v) is 3.06. The number of benzene rings is 1. The monoisotopic (exact) mass is 397 g/mol. The number of amides is 1. The Hall–Kier alpha value is -1.79. The van der Waals surface area contributed by atoms with E-state index in [4.69, 9.17) is 25.8 Å². The molecule has 1 amide bonds. The van der Waals surface area contributed by atoms with Crippen LogP contribution in [0.5, 0.6) is 0 Å². The molecule has 0 unspecified atom stereocenters. The summed E-state index contributed by atoms with van der Waals surface area (Å²) < 4.78 is 16.4. The zero-order valence-electron chi connectivity index (χ0n) is 16.3. The molecule has 1 aliphatic rings. The van der Waals surface area contributed by atoms with Crippen molar-refractivity contribution in [2.75, 3.05) is 13.2 Å². The first kappa shape index (κ1) is 21.5. The van der Waals surface area contributed by atoms with Gasteiger partial charge in [0, 0.05) is 11.6 Å². The molecule has 0 spiro atoms. The van der Waals surface area contributed by atoms with Crippen LogP contribution >= 0.6 is 11.6 Å². The molecule has 1 saturated heterocycles. The van der Waals surface area contributed by atoms with Crippen LogP contribution in [0.2, 0.25) is 5.02 Å². The van der Waals surface area contributed by atoms with Gasteiger partial charge in [0.2, 0.25) is 0 Å². The summed E-state index contributed by atoms with van der Waals surface area (Å²) in [6.45, 7) is 7.64. The van der Waals surface area contributed by atoms with E-state index in [0.717, 1.165) is 12.0 Å². The minimum atomic E-state index is -0.892. The van der Waals surface area contributed by atoms with Crippen molar-refractivity contribution >= 4 is 23.7 Å². The molecule has 1 heterocycles. The Labute approximate surface area is 165 Å². The molecule has 0 saturated carbocycles. The van der Waals surface area contributed by atoms with Crippen molar-refractivity contribution in [1.29, 1.82) is 0 Å². The van der Waals surface area contributed by atoms with Crippen LogP contribution in [0.4, 0.5) is 4.79 Å². The van der Waals surface area contributed by atoms with Crippen molar-refractivity contribution < 1.29 is 23.8 Å². The lowest BCUT2D eigenvalue weighted by Crippen LogP contribution is -2.47. The predicted molar refractivity (Wildman–Crippen MR) is 103 cm³/mol. The Bertz CT molecular complexity index is 641. The molecule has 1 fully saturated rings. The van der Waals surface area contributed by atoms with Crippen molar-refractivity contribution in [3.05, 3.63) is 34.9 Å². The highest BCUT2D eigenvalue weighted by Gasteiger charge is 2.29. The minimum Gasteiger partial charge on any atom is -0.461 e. The standard InChI is InChI=1S/C20H28ClNO5/c1-13-9-15(10-14-5-7-16(21)8-6-14)11-25-12-17(18(23)26-13)22-19(24)27-20(2,3)4/h5-8,13,15,17H,9-12H2,1-4H3,(H,22,24)/t13-,15-,17-/m0/s1. The van der Waals surface area contributed by atoms with Crippen molar-refractivity contribution in [3.8, 4) is 0 Å². The van der Waals surface area contributed by atoms with E-state index in [2.05, 4.69) is 5.32 Å². The van der Waals surface area contributed by atoms with E-state index in [0.29, 0.717) is 18.1 Å². The first-order chi connectivity index (χ1) is 12.6. The molecule has 27 heavy (non-hydrogen) atoms. The Morgan fingerprint density at radius 1 is 1.26 bits per heavy atom. The average molecular weight is 398 g/mol. The maximum absolute atomic E-state index is 12.3. The van der Waals surface area contributed by atoms with E-state index < -0.39 is 23.7 Å². The van der Waals surface area contributed by atoms with Gasteiger partial charge in [-0.1, -0.05) is 23.7 Å². The highest BCUT2D eigenvalue weighted by atomic mass is 35.5. The van der Waals surface area contributed by atoms with E-state index in [1.807, 2.05) is 31.2 Å². The van der Waals surface area contributed by atoms with Crippen LogP contribution < -0.4 is 5.32 Å². The van der Waals surface area contributed by atoms with Gasteiger partial charge in [-0.15, -0.1) is 0 Å². The molecule has 0 aromatic heterocycles. The van der Waals surface area contributed by atoms with E-state index in [1.54, 1.807) is 20.8 Å². The van der Waals surface area contributed by atoms with Gasteiger partial charge in [-0.3, -0.25) is 0 Å². The molecule has 2 rings (SSSR count). The number of halogens is 1. The second-order valence-electron chi connectivity index (χ2n) is 7.92. The summed E-state index contributed by atoms with van der Waals surface area (Å²) in [6, 6.07) is 6.79. The smallest absolute Gasteiger partial charge is 0.408 e. The molecule has 1 aromatic carbocycles. The normalized spacial score (nSPS) is 24.2. The molecule has 1 aliphatic heterocycles. The Morgan fingerprint density at radius 3 is 2.56 bits per heavy atom. The number of rotatable bonds is 3. The van der Waals surface area contributed by atoms with Crippen LogP contribution in [-0.2, 0) is 25.4 Å². The SMILES string of the molecule is C[C@H]1C[C@@H](Cc2ccc(Cl)cc2)COC[C@H](NC(=O)OC(C)(C)C)C(=O)O1. The summed E-state index contributed by atoms with van der Waals surface area (Å²) >= 11 is 5.93. The lowest BCUT2D eigenvalue weighted by Gasteiger charge is -2.23. The van der Waals surface area contributed by atoms with Crippen LogP contribution in [0.25, 0.3) is 0 Å². The number of carbonyl (C=O) groups is 2. The Morgan fingerprint density at radius 2 is 1.93 bits per heavy atom. The lowest BCUT2D eigenvalue weighted by molar-refractivity contribution is -0.151. The van der Waals surface area contributed by atoms with Gasteiger partial charge in [0.15, 0.2) is 6.04 Å². The zero-order chi connectivity index (χ0) is 20.0. The number of alkyl carbamates (subject to hydrolysis) is 1. The maximum Gasteiger partial charge on any atom is 0.408 e. The summed E-state index contributed by atoms with van der Waals surface area (Å²) in [5.74, 6) is -0.324. The molecule has 3 atom stereocenters. The molecule has 0 bridgehead atoms. The van der Waals surface area contributed by atoms with Crippen molar-refractivity contribution in [1.82, 2.24) is 5.32 Å². The number of hydrogen-bond acceptors (Lipinski definition) is 5. The molecule has 6 nitrogen and oxygen atoms in total. The van der Waals surface area contributed by atoms with E-state index in [9.17, 15) is 9.59 Å². The molecule has 7 heteroatoms. The second-order valence-corrected chi connectivity index (χ2v) is 8.35. The average Bonchev–Trinajstić information content (AvgIpc) is 2.59. The van der Waals surface area contributed by atoms with Crippen LogP contribution in [0.3, 0.4) is 0 Å². The number of nitrogens with one attached hydrogen (secondary N) is 1. The maximum atomic E-state index is 12.3. The van der Waals surface area contributed by atoms with Crippen LogP contribution in [-0.4, -0.2) is 43.0 Å². The highest BCUT2D eigenvalue weighted by molar-refractivity contribution is 6.30. The number of cyclic esters (lactones) is 1. The molecule has 1 aromatic rings.